The third-order valence-electron chi connectivity index (χ3n) is 4.04. The van der Waals surface area contributed by atoms with Crippen LogP contribution in [-0.4, -0.2) is 25.8 Å². The number of rotatable bonds is 5. The Labute approximate surface area is 167 Å². The summed E-state index contributed by atoms with van der Waals surface area (Å²) in [6.45, 7) is -0.525. The maximum atomic E-state index is 13.7. The Morgan fingerprint density at radius 2 is 1.87 bits per heavy atom. The molecule has 8 nitrogen and oxygen atoms in total. The second kappa shape index (κ2) is 8.03. The van der Waals surface area contributed by atoms with Crippen molar-refractivity contribution in [2.45, 2.75) is 6.54 Å². The van der Waals surface area contributed by atoms with Gasteiger partial charge in [0.1, 0.15) is 23.9 Å². The highest BCUT2D eigenvalue weighted by Crippen LogP contribution is 2.20. The van der Waals surface area contributed by atoms with E-state index in [-0.39, 0.29) is 17.3 Å². The van der Waals surface area contributed by atoms with Gasteiger partial charge >= 0.3 is 0 Å². The SMILES string of the molecule is O=C(Cn1nc(-c2nc(-c3ccccc3)no2)ccc1=O)Nc1cc(F)ccc1F. The van der Waals surface area contributed by atoms with Gasteiger partial charge in [0.15, 0.2) is 0 Å². The monoisotopic (exact) mass is 409 g/mol. The Hall–Kier alpha value is -4.21. The highest BCUT2D eigenvalue weighted by Gasteiger charge is 2.15. The van der Waals surface area contributed by atoms with E-state index in [4.69, 9.17) is 4.52 Å². The number of carbonyl (C=O) groups excluding carboxylic acids is 1. The first-order valence-corrected chi connectivity index (χ1v) is 8.72. The number of hydrogen-bond donors (Lipinski definition) is 1. The topological polar surface area (TPSA) is 103 Å². The van der Waals surface area contributed by atoms with Crippen molar-refractivity contribution in [1.82, 2.24) is 19.9 Å². The molecule has 0 aliphatic carbocycles. The number of aromatic nitrogens is 4. The Morgan fingerprint density at radius 3 is 2.67 bits per heavy atom. The number of hydrogen-bond acceptors (Lipinski definition) is 6. The van der Waals surface area contributed by atoms with Crippen LogP contribution in [0.25, 0.3) is 23.0 Å². The minimum atomic E-state index is -0.807. The number of anilines is 1. The molecule has 0 saturated carbocycles. The molecule has 0 fully saturated rings. The van der Waals surface area contributed by atoms with Gasteiger partial charge < -0.3 is 9.84 Å². The van der Waals surface area contributed by atoms with Gasteiger partial charge in [-0.25, -0.2) is 13.5 Å². The molecule has 2 aromatic heterocycles. The molecule has 10 heteroatoms. The Morgan fingerprint density at radius 1 is 1.07 bits per heavy atom. The average molecular weight is 409 g/mol. The Kier molecular flexibility index (Phi) is 5.12. The number of amides is 1. The average Bonchev–Trinajstić information content (AvgIpc) is 3.23. The Bertz CT molecular complexity index is 1270. The lowest BCUT2D eigenvalue weighted by molar-refractivity contribution is -0.117. The number of nitrogens with one attached hydrogen (secondary N) is 1. The van der Waals surface area contributed by atoms with Gasteiger partial charge in [0, 0.05) is 17.7 Å². The molecule has 1 N–H and O–H groups in total. The quantitative estimate of drug-likeness (QED) is 0.544. The van der Waals surface area contributed by atoms with E-state index in [1.165, 1.54) is 12.1 Å². The van der Waals surface area contributed by atoms with Crippen molar-refractivity contribution in [3.05, 3.63) is 82.7 Å². The maximum absolute atomic E-state index is 13.7. The lowest BCUT2D eigenvalue weighted by Crippen LogP contribution is -2.29. The normalized spacial score (nSPS) is 10.7. The summed E-state index contributed by atoms with van der Waals surface area (Å²) >= 11 is 0. The van der Waals surface area contributed by atoms with Crippen LogP contribution in [0.1, 0.15) is 0 Å². The van der Waals surface area contributed by atoms with E-state index in [2.05, 4.69) is 20.6 Å². The molecule has 0 aliphatic heterocycles. The second-order valence-corrected chi connectivity index (χ2v) is 6.18. The first-order valence-electron chi connectivity index (χ1n) is 8.72. The molecule has 0 unspecified atom stereocenters. The third kappa shape index (κ3) is 4.12. The summed E-state index contributed by atoms with van der Waals surface area (Å²) in [7, 11) is 0. The molecule has 0 aliphatic rings. The standard InChI is InChI=1S/C20H13F2N5O3/c21-13-6-7-14(22)16(10-13)23-17(28)11-27-18(29)9-8-15(25-27)20-24-19(26-30-20)12-4-2-1-3-5-12/h1-10H,11H2,(H,23,28). The first kappa shape index (κ1) is 19.1. The highest BCUT2D eigenvalue weighted by atomic mass is 19.1. The van der Waals surface area contributed by atoms with E-state index in [1.54, 1.807) is 12.1 Å². The van der Waals surface area contributed by atoms with Crippen LogP contribution < -0.4 is 10.9 Å². The number of carbonyl (C=O) groups is 1. The van der Waals surface area contributed by atoms with Crippen molar-refractivity contribution in [3.63, 3.8) is 0 Å². The van der Waals surface area contributed by atoms with E-state index < -0.39 is 29.6 Å². The van der Waals surface area contributed by atoms with Gasteiger partial charge in [0.2, 0.25) is 11.7 Å². The van der Waals surface area contributed by atoms with Gasteiger partial charge in [-0.3, -0.25) is 9.59 Å². The lowest BCUT2D eigenvalue weighted by atomic mass is 10.2. The fourth-order valence-electron chi connectivity index (χ4n) is 2.63. The Balaban J connectivity index is 1.55. The van der Waals surface area contributed by atoms with E-state index >= 15 is 0 Å². The van der Waals surface area contributed by atoms with Gasteiger partial charge in [-0.05, 0) is 18.2 Å². The van der Waals surface area contributed by atoms with Crippen molar-refractivity contribution in [3.8, 4) is 23.0 Å². The van der Waals surface area contributed by atoms with Crippen LogP contribution in [0.2, 0.25) is 0 Å². The largest absolute Gasteiger partial charge is 0.332 e. The summed E-state index contributed by atoms with van der Waals surface area (Å²) in [6.07, 6.45) is 0. The molecule has 0 bridgehead atoms. The molecule has 30 heavy (non-hydrogen) atoms. The molecule has 2 heterocycles. The van der Waals surface area contributed by atoms with Gasteiger partial charge in [-0.2, -0.15) is 10.1 Å². The molecule has 0 spiro atoms. The van der Waals surface area contributed by atoms with Crippen LogP contribution in [0.5, 0.6) is 0 Å². The summed E-state index contributed by atoms with van der Waals surface area (Å²) in [5.41, 5.74) is -0.00337. The van der Waals surface area contributed by atoms with Crippen LogP contribution in [0, 0.1) is 11.6 Å². The minimum absolute atomic E-state index is 0.0548. The predicted octanol–water partition coefficient (Wildman–Crippen LogP) is 2.88. The van der Waals surface area contributed by atoms with E-state index in [0.29, 0.717) is 5.82 Å². The van der Waals surface area contributed by atoms with Crippen molar-refractivity contribution in [1.29, 1.82) is 0 Å². The van der Waals surface area contributed by atoms with Crippen molar-refractivity contribution in [2.24, 2.45) is 0 Å². The molecule has 0 saturated heterocycles. The fourth-order valence-corrected chi connectivity index (χ4v) is 2.63. The number of halogens is 2. The molecular formula is C20H13F2N5O3. The summed E-state index contributed by atoms with van der Waals surface area (Å²) in [4.78, 5) is 28.5. The van der Waals surface area contributed by atoms with Crippen LogP contribution in [0.15, 0.2) is 70.0 Å². The lowest BCUT2D eigenvalue weighted by Gasteiger charge is -2.08. The minimum Gasteiger partial charge on any atom is -0.332 e. The predicted molar refractivity (Wildman–Crippen MR) is 102 cm³/mol. The zero-order valence-corrected chi connectivity index (χ0v) is 15.3. The van der Waals surface area contributed by atoms with E-state index in [1.807, 2.05) is 18.2 Å². The smallest absolute Gasteiger partial charge is 0.278 e. The summed E-state index contributed by atoms with van der Waals surface area (Å²) < 4.78 is 33.0. The van der Waals surface area contributed by atoms with Crippen molar-refractivity contribution >= 4 is 11.6 Å². The zero-order chi connectivity index (χ0) is 21.1. The van der Waals surface area contributed by atoms with Crippen molar-refractivity contribution < 1.29 is 18.1 Å². The molecule has 4 aromatic rings. The van der Waals surface area contributed by atoms with E-state index in [9.17, 15) is 18.4 Å². The highest BCUT2D eigenvalue weighted by molar-refractivity contribution is 5.90. The molecule has 0 atom stereocenters. The van der Waals surface area contributed by atoms with E-state index in [0.717, 1.165) is 28.4 Å². The third-order valence-corrected chi connectivity index (χ3v) is 4.04. The summed E-state index contributed by atoms with van der Waals surface area (Å²) in [6, 6.07) is 14.3. The van der Waals surface area contributed by atoms with Crippen LogP contribution in [-0.2, 0) is 11.3 Å². The molecular weight excluding hydrogens is 396 g/mol. The summed E-state index contributed by atoms with van der Waals surface area (Å²) in [5.74, 6) is -1.89. The van der Waals surface area contributed by atoms with Gasteiger partial charge in [-0.1, -0.05) is 35.5 Å². The van der Waals surface area contributed by atoms with Gasteiger partial charge in [-0.15, -0.1) is 0 Å². The first-order chi connectivity index (χ1) is 14.5. The molecule has 4 rings (SSSR count). The molecule has 0 radical (unpaired) electrons. The van der Waals surface area contributed by atoms with Crippen LogP contribution >= 0.6 is 0 Å². The number of benzene rings is 2. The van der Waals surface area contributed by atoms with Crippen LogP contribution in [0.3, 0.4) is 0 Å². The van der Waals surface area contributed by atoms with Crippen molar-refractivity contribution in [2.75, 3.05) is 5.32 Å². The fraction of sp³-hybridized carbons (Fsp3) is 0.0500. The molecule has 150 valence electrons. The summed E-state index contributed by atoms with van der Waals surface area (Å²) in [5, 5.41) is 10.1. The van der Waals surface area contributed by atoms with Gasteiger partial charge in [0.05, 0.1) is 5.69 Å². The molecule has 2 aromatic carbocycles. The second-order valence-electron chi connectivity index (χ2n) is 6.18. The van der Waals surface area contributed by atoms with Crippen LogP contribution in [0.4, 0.5) is 14.5 Å². The van der Waals surface area contributed by atoms with Gasteiger partial charge in [0.25, 0.3) is 11.4 Å². The molecule has 1 amide bonds. The maximum Gasteiger partial charge on any atom is 0.278 e. The number of nitrogens with zero attached hydrogens (tertiary/aromatic N) is 4. The zero-order valence-electron chi connectivity index (χ0n) is 15.3.